The second-order valence-corrected chi connectivity index (χ2v) is 6.30. The van der Waals surface area contributed by atoms with Crippen LogP contribution in [0.2, 0.25) is 0 Å². The van der Waals surface area contributed by atoms with Crippen molar-refractivity contribution in [2.24, 2.45) is 0 Å². The predicted molar refractivity (Wildman–Crippen MR) is 91.9 cm³/mol. The fourth-order valence-corrected chi connectivity index (χ4v) is 3.18. The number of piperidine rings is 1. The Morgan fingerprint density at radius 3 is 3.12 bits per heavy atom. The van der Waals surface area contributed by atoms with E-state index >= 15 is 0 Å². The van der Waals surface area contributed by atoms with E-state index in [1.54, 1.807) is 4.68 Å². The highest BCUT2D eigenvalue weighted by Gasteiger charge is 2.18. The number of nitrogens with zero attached hydrogens (tertiary/aromatic N) is 5. The number of hydrogen-bond donors (Lipinski definition) is 2. The van der Waals surface area contributed by atoms with E-state index in [1.165, 1.54) is 6.42 Å². The van der Waals surface area contributed by atoms with Crippen molar-refractivity contribution in [1.29, 1.82) is 0 Å². The Morgan fingerprint density at radius 1 is 1.28 bits per heavy atom. The molecule has 25 heavy (non-hydrogen) atoms. The van der Waals surface area contributed by atoms with Crippen LogP contribution in [0.3, 0.4) is 0 Å². The van der Waals surface area contributed by atoms with E-state index in [2.05, 4.69) is 25.9 Å². The standard InChI is InChI=1S/C17H21N7O/c25-17(19-11-16-21-20-15-5-1-2-8-24(15)16)12-23-9-6-14(22-23)13-4-3-7-18-10-13/h1-2,5-6,8-9,13,18H,3-4,7,10-12H2,(H,19,25). The summed E-state index contributed by atoms with van der Waals surface area (Å²) in [5.41, 5.74) is 1.83. The number of rotatable bonds is 5. The first-order valence-corrected chi connectivity index (χ1v) is 8.59. The quantitative estimate of drug-likeness (QED) is 0.715. The number of pyridine rings is 1. The van der Waals surface area contributed by atoms with Gasteiger partial charge in [0.2, 0.25) is 5.91 Å². The summed E-state index contributed by atoms with van der Waals surface area (Å²) in [6, 6.07) is 7.71. The van der Waals surface area contributed by atoms with Crippen LogP contribution in [0.1, 0.15) is 30.3 Å². The van der Waals surface area contributed by atoms with Gasteiger partial charge in [0.05, 0.1) is 12.2 Å². The van der Waals surface area contributed by atoms with Crippen LogP contribution in [-0.2, 0) is 17.9 Å². The van der Waals surface area contributed by atoms with Crippen LogP contribution in [-0.4, -0.2) is 43.4 Å². The lowest BCUT2D eigenvalue weighted by Gasteiger charge is -2.20. The van der Waals surface area contributed by atoms with Crippen LogP contribution >= 0.6 is 0 Å². The molecule has 8 nitrogen and oxygen atoms in total. The molecule has 3 aromatic heterocycles. The zero-order valence-electron chi connectivity index (χ0n) is 13.9. The van der Waals surface area contributed by atoms with E-state index in [-0.39, 0.29) is 12.5 Å². The van der Waals surface area contributed by atoms with Crippen molar-refractivity contribution < 1.29 is 4.79 Å². The topological polar surface area (TPSA) is 89.1 Å². The Balaban J connectivity index is 1.34. The van der Waals surface area contributed by atoms with Crippen LogP contribution in [0.15, 0.2) is 36.7 Å². The highest BCUT2D eigenvalue weighted by atomic mass is 16.2. The Labute approximate surface area is 145 Å². The lowest BCUT2D eigenvalue weighted by Crippen LogP contribution is -2.29. The van der Waals surface area contributed by atoms with Crippen molar-refractivity contribution in [2.45, 2.75) is 31.8 Å². The number of carbonyl (C=O) groups excluding carboxylic acids is 1. The lowest BCUT2D eigenvalue weighted by atomic mass is 9.97. The fraction of sp³-hybridized carbons (Fsp3) is 0.412. The predicted octanol–water partition coefficient (Wildman–Crippen LogP) is 0.709. The first-order valence-electron chi connectivity index (χ1n) is 8.59. The molecule has 0 bridgehead atoms. The van der Waals surface area contributed by atoms with Crippen molar-refractivity contribution >= 4 is 11.6 Å². The van der Waals surface area contributed by atoms with Gasteiger partial charge in [-0.3, -0.25) is 13.9 Å². The zero-order chi connectivity index (χ0) is 17.1. The molecule has 0 aromatic carbocycles. The van der Waals surface area contributed by atoms with Gasteiger partial charge in [0, 0.05) is 24.9 Å². The molecular weight excluding hydrogens is 318 g/mol. The summed E-state index contributed by atoms with van der Waals surface area (Å²) in [7, 11) is 0. The molecule has 3 aromatic rings. The summed E-state index contributed by atoms with van der Waals surface area (Å²) >= 11 is 0. The molecule has 0 saturated carbocycles. The second kappa shape index (κ2) is 7.02. The molecule has 1 aliphatic rings. The van der Waals surface area contributed by atoms with Gasteiger partial charge in [0.25, 0.3) is 0 Å². The normalized spacial score (nSPS) is 17.7. The smallest absolute Gasteiger partial charge is 0.242 e. The molecule has 1 aliphatic heterocycles. The molecule has 130 valence electrons. The molecule has 0 spiro atoms. The minimum Gasteiger partial charge on any atom is -0.347 e. The maximum Gasteiger partial charge on any atom is 0.242 e. The summed E-state index contributed by atoms with van der Waals surface area (Å²) in [4.78, 5) is 12.2. The minimum atomic E-state index is -0.0934. The van der Waals surface area contributed by atoms with Gasteiger partial charge >= 0.3 is 0 Å². The third-order valence-corrected chi connectivity index (χ3v) is 4.51. The average molecular weight is 339 g/mol. The number of hydrogen-bond acceptors (Lipinski definition) is 5. The summed E-state index contributed by atoms with van der Waals surface area (Å²) in [6.07, 6.45) is 6.07. The van der Waals surface area contributed by atoms with E-state index in [9.17, 15) is 4.79 Å². The molecule has 1 unspecified atom stereocenters. The van der Waals surface area contributed by atoms with E-state index in [0.717, 1.165) is 30.9 Å². The molecule has 1 fully saturated rings. The Hall–Kier alpha value is -2.74. The molecule has 4 heterocycles. The number of amides is 1. The van der Waals surface area contributed by atoms with Crippen LogP contribution in [0, 0.1) is 0 Å². The number of nitrogens with one attached hydrogen (secondary N) is 2. The molecule has 2 N–H and O–H groups in total. The van der Waals surface area contributed by atoms with Crippen molar-refractivity contribution in [1.82, 2.24) is 35.0 Å². The molecule has 8 heteroatoms. The Kier molecular flexibility index (Phi) is 4.43. The first kappa shape index (κ1) is 15.8. The molecular formula is C17H21N7O. The van der Waals surface area contributed by atoms with Crippen LogP contribution in [0.5, 0.6) is 0 Å². The summed E-state index contributed by atoms with van der Waals surface area (Å²) in [5.74, 6) is 1.06. The molecule has 1 saturated heterocycles. The van der Waals surface area contributed by atoms with Gasteiger partial charge in [0.15, 0.2) is 11.5 Å². The third kappa shape index (κ3) is 3.53. The van der Waals surface area contributed by atoms with E-state index in [1.807, 2.05) is 41.1 Å². The summed E-state index contributed by atoms with van der Waals surface area (Å²) in [5, 5.41) is 19.0. The monoisotopic (exact) mass is 339 g/mol. The minimum absolute atomic E-state index is 0.0934. The average Bonchev–Trinajstić information content (AvgIpc) is 3.28. The van der Waals surface area contributed by atoms with Crippen molar-refractivity contribution in [3.63, 3.8) is 0 Å². The van der Waals surface area contributed by atoms with Gasteiger partial charge < -0.3 is 10.6 Å². The van der Waals surface area contributed by atoms with Crippen LogP contribution in [0.4, 0.5) is 0 Å². The third-order valence-electron chi connectivity index (χ3n) is 4.51. The van der Waals surface area contributed by atoms with Crippen LogP contribution < -0.4 is 10.6 Å². The SMILES string of the molecule is O=C(Cn1ccc(C2CCCNC2)n1)NCc1nnc2ccccn12. The van der Waals surface area contributed by atoms with Gasteiger partial charge in [-0.1, -0.05) is 6.07 Å². The summed E-state index contributed by atoms with van der Waals surface area (Å²) < 4.78 is 3.56. The molecule has 0 radical (unpaired) electrons. The molecule has 4 rings (SSSR count). The largest absolute Gasteiger partial charge is 0.347 e. The molecule has 0 aliphatic carbocycles. The van der Waals surface area contributed by atoms with E-state index < -0.39 is 0 Å². The maximum atomic E-state index is 12.2. The zero-order valence-corrected chi connectivity index (χ0v) is 13.9. The Bertz CT molecular complexity index is 863. The number of aromatic nitrogens is 5. The van der Waals surface area contributed by atoms with E-state index in [0.29, 0.717) is 18.3 Å². The van der Waals surface area contributed by atoms with Crippen molar-refractivity contribution in [3.05, 3.63) is 48.2 Å². The van der Waals surface area contributed by atoms with Crippen molar-refractivity contribution in [3.8, 4) is 0 Å². The van der Waals surface area contributed by atoms with Gasteiger partial charge in [-0.05, 0) is 37.6 Å². The molecule has 1 amide bonds. The number of carbonyl (C=O) groups is 1. The molecule has 1 atom stereocenters. The highest BCUT2D eigenvalue weighted by Crippen LogP contribution is 2.21. The van der Waals surface area contributed by atoms with Gasteiger partial charge in [-0.25, -0.2) is 0 Å². The maximum absolute atomic E-state index is 12.2. The van der Waals surface area contributed by atoms with Gasteiger partial charge in [-0.15, -0.1) is 10.2 Å². The lowest BCUT2D eigenvalue weighted by molar-refractivity contribution is -0.122. The van der Waals surface area contributed by atoms with Gasteiger partial charge in [0.1, 0.15) is 6.54 Å². The van der Waals surface area contributed by atoms with Crippen molar-refractivity contribution in [2.75, 3.05) is 13.1 Å². The fourth-order valence-electron chi connectivity index (χ4n) is 3.18. The number of fused-ring (bicyclic) bond motifs is 1. The van der Waals surface area contributed by atoms with Gasteiger partial charge in [-0.2, -0.15) is 5.10 Å². The second-order valence-electron chi connectivity index (χ2n) is 6.30. The highest BCUT2D eigenvalue weighted by molar-refractivity contribution is 5.75. The first-order chi connectivity index (χ1) is 12.3. The van der Waals surface area contributed by atoms with Crippen LogP contribution in [0.25, 0.3) is 5.65 Å². The Morgan fingerprint density at radius 2 is 2.24 bits per heavy atom. The van der Waals surface area contributed by atoms with E-state index in [4.69, 9.17) is 0 Å². The summed E-state index contributed by atoms with van der Waals surface area (Å²) in [6.45, 7) is 2.58.